The third-order valence-corrected chi connectivity index (χ3v) is 2.63. The van der Waals surface area contributed by atoms with E-state index in [0.717, 1.165) is 5.56 Å². The molecule has 98 valence electrons. The van der Waals surface area contributed by atoms with Crippen molar-refractivity contribution in [2.75, 3.05) is 20.7 Å². The lowest BCUT2D eigenvalue weighted by atomic mass is 10.1. The number of carbonyl (C=O) groups is 1. The van der Waals surface area contributed by atoms with Crippen molar-refractivity contribution in [2.24, 2.45) is 11.5 Å². The third kappa shape index (κ3) is 3.97. The largest absolute Gasteiger partial charge is 0.496 e. The summed E-state index contributed by atoms with van der Waals surface area (Å²) in [6, 6.07) is 5.57. The minimum absolute atomic E-state index is 0.203. The molecule has 1 aromatic carbocycles. The van der Waals surface area contributed by atoms with Gasteiger partial charge in [-0.1, -0.05) is 18.3 Å². The van der Waals surface area contributed by atoms with Crippen LogP contribution in [0.2, 0.25) is 0 Å². The first-order valence-corrected chi connectivity index (χ1v) is 5.78. The van der Waals surface area contributed by atoms with E-state index < -0.39 is 0 Å². The Hall–Kier alpha value is -1.66. The Morgan fingerprint density at radius 3 is 2.61 bits per heavy atom. The predicted molar refractivity (Wildman–Crippen MR) is 74.4 cm³/mol. The lowest BCUT2D eigenvalue weighted by molar-refractivity contribution is -0.118. The van der Waals surface area contributed by atoms with E-state index >= 15 is 0 Å². The minimum Gasteiger partial charge on any atom is -0.496 e. The number of amides is 1. The van der Waals surface area contributed by atoms with Crippen molar-refractivity contribution in [2.45, 2.75) is 6.54 Å². The fourth-order valence-electron chi connectivity index (χ4n) is 1.68. The van der Waals surface area contributed by atoms with Crippen molar-refractivity contribution in [3.05, 3.63) is 29.3 Å². The average Bonchev–Trinajstić information content (AvgIpc) is 2.27. The lowest BCUT2D eigenvalue weighted by Crippen LogP contribution is -2.30. The first-order valence-electron chi connectivity index (χ1n) is 5.37. The zero-order chi connectivity index (χ0) is 13.7. The first kappa shape index (κ1) is 14.4. The van der Waals surface area contributed by atoms with Gasteiger partial charge in [0.2, 0.25) is 5.91 Å². The van der Waals surface area contributed by atoms with Crippen molar-refractivity contribution in [1.29, 1.82) is 0 Å². The molecule has 18 heavy (non-hydrogen) atoms. The molecule has 1 aromatic rings. The highest BCUT2D eigenvalue weighted by Gasteiger charge is 2.09. The van der Waals surface area contributed by atoms with E-state index in [-0.39, 0.29) is 17.4 Å². The number of likely N-dealkylation sites (N-methyl/N-ethyl adjacent to an activating group) is 1. The standard InChI is InChI=1S/C12H17N3O2S/c1-15(7-11(13)16)6-8-3-4-10(17-2)9(5-8)12(14)18/h3-5H,6-7H2,1-2H3,(H2,13,16)(H2,14,18). The number of rotatable bonds is 6. The minimum atomic E-state index is -0.361. The van der Waals surface area contributed by atoms with Gasteiger partial charge < -0.3 is 16.2 Å². The summed E-state index contributed by atoms with van der Waals surface area (Å²) in [5, 5.41) is 0. The van der Waals surface area contributed by atoms with E-state index in [2.05, 4.69) is 0 Å². The number of benzene rings is 1. The van der Waals surface area contributed by atoms with Crippen LogP contribution in [0.15, 0.2) is 18.2 Å². The molecule has 0 bridgehead atoms. The number of methoxy groups -OCH3 is 1. The van der Waals surface area contributed by atoms with Crippen LogP contribution in [0.1, 0.15) is 11.1 Å². The summed E-state index contributed by atoms with van der Waals surface area (Å²) in [5.41, 5.74) is 12.4. The molecule has 1 rings (SSSR count). The Balaban J connectivity index is 2.88. The molecule has 0 aliphatic rings. The first-order chi connectivity index (χ1) is 8.43. The van der Waals surface area contributed by atoms with Gasteiger partial charge in [-0.2, -0.15) is 0 Å². The van der Waals surface area contributed by atoms with Gasteiger partial charge in [0.15, 0.2) is 0 Å². The van der Waals surface area contributed by atoms with E-state index in [1.54, 1.807) is 7.11 Å². The quantitative estimate of drug-likeness (QED) is 0.722. The number of ether oxygens (including phenoxy) is 1. The van der Waals surface area contributed by atoms with Crippen LogP contribution < -0.4 is 16.2 Å². The molecular formula is C12H17N3O2S. The Kier molecular flexibility index (Phi) is 5.06. The number of nitrogens with zero attached hydrogens (tertiary/aromatic N) is 1. The number of thiocarbonyl (C=S) groups is 1. The normalized spacial score (nSPS) is 10.4. The molecule has 5 nitrogen and oxygen atoms in total. The van der Waals surface area contributed by atoms with E-state index in [1.807, 2.05) is 30.1 Å². The number of primary amides is 1. The maximum atomic E-state index is 10.8. The molecule has 0 heterocycles. The number of nitrogens with two attached hydrogens (primary N) is 2. The topological polar surface area (TPSA) is 81.6 Å². The highest BCUT2D eigenvalue weighted by atomic mass is 32.1. The van der Waals surface area contributed by atoms with Gasteiger partial charge in [-0.3, -0.25) is 9.69 Å². The van der Waals surface area contributed by atoms with E-state index in [4.69, 9.17) is 28.4 Å². The SMILES string of the molecule is COc1ccc(CN(C)CC(N)=O)cc1C(N)=S. The zero-order valence-corrected chi connectivity index (χ0v) is 11.3. The molecule has 0 spiro atoms. The fraction of sp³-hybridized carbons (Fsp3) is 0.333. The van der Waals surface area contributed by atoms with Crippen molar-refractivity contribution >= 4 is 23.1 Å². The summed E-state index contributed by atoms with van der Waals surface area (Å²) in [4.78, 5) is 12.9. The highest BCUT2D eigenvalue weighted by molar-refractivity contribution is 7.80. The highest BCUT2D eigenvalue weighted by Crippen LogP contribution is 2.20. The molecular weight excluding hydrogens is 250 g/mol. The molecule has 4 N–H and O–H groups in total. The van der Waals surface area contributed by atoms with Crippen LogP contribution in [0.3, 0.4) is 0 Å². The molecule has 0 fully saturated rings. The van der Waals surface area contributed by atoms with Gasteiger partial charge in [-0.15, -0.1) is 0 Å². The zero-order valence-electron chi connectivity index (χ0n) is 10.5. The van der Waals surface area contributed by atoms with E-state index in [9.17, 15) is 4.79 Å². The average molecular weight is 267 g/mol. The van der Waals surface area contributed by atoms with Gasteiger partial charge in [-0.05, 0) is 24.7 Å². The molecule has 0 aliphatic carbocycles. The van der Waals surface area contributed by atoms with Crippen molar-refractivity contribution in [3.8, 4) is 5.75 Å². The maximum absolute atomic E-state index is 10.8. The molecule has 0 aromatic heterocycles. The van der Waals surface area contributed by atoms with Crippen LogP contribution in [0.5, 0.6) is 5.75 Å². The third-order valence-electron chi connectivity index (χ3n) is 2.41. The van der Waals surface area contributed by atoms with E-state index in [0.29, 0.717) is 17.9 Å². The van der Waals surface area contributed by atoms with Crippen molar-refractivity contribution < 1.29 is 9.53 Å². The Morgan fingerprint density at radius 1 is 1.44 bits per heavy atom. The van der Waals surface area contributed by atoms with Crippen LogP contribution in [-0.4, -0.2) is 36.5 Å². The second-order valence-corrected chi connectivity index (χ2v) is 4.48. The summed E-state index contributed by atoms with van der Waals surface area (Å²) in [7, 11) is 3.38. The fourth-order valence-corrected chi connectivity index (χ4v) is 1.84. The van der Waals surface area contributed by atoms with Gasteiger partial charge >= 0.3 is 0 Å². The van der Waals surface area contributed by atoms with Gasteiger partial charge in [0.1, 0.15) is 10.7 Å². The van der Waals surface area contributed by atoms with Gasteiger partial charge in [-0.25, -0.2) is 0 Å². The van der Waals surface area contributed by atoms with Crippen LogP contribution in [0, 0.1) is 0 Å². The molecule has 0 radical (unpaired) electrons. The Bertz CT molecular complexity index is 463. The summed E-state index contributed by atoms with van der Waals surface area (Å²) in [5.74, 6) is 0.282. The Morgan fingerprint density at radius 2 is 2.11 bits per heavy atom. The lowest BCUT2D eigenvalue weighted by Gasteiger charge is -2.16. The summed E-state index contributed by atoms with van der Waals surface area (Å²) < 4.78 is 5.18. The van der Waals surface area contributed by atoms with Crippen LogP contribution in [-0.2, 0) is 11.3 Å². The molecule has 1 amide bonds. The van der Waals surface area contributed by atoms with E-state index in [1.165, 1.54) is 0 Å². The van der Waals surface area contributed by atoms with Gasteiger partial charge in [0.25, 0.3) is 0 Å². The van der Waals surface area contributed by atoms with Crippen LogP contribution in [0.25, 0.3) is 0 Å². The van der Waals surface area contributed by atoms with Crippen molar-refractivity contribution in [1.82, 2.24) is 4.90 Å². The number of hydrogen-bond donors (Lipinski definition) is 2. The summed E-state index contributed by atoms with van der Waals surface area (Å²) in [6.45, 7) is 0.789. The Labute approximate surface area is 112 Å². The summed E-state index contributed by atoms with van der Waals surface area (Å²) >= 11 is 4.97. The smallest absolute Gasteiger partial charge is 0.231 e. The molecule has 0 aliphatic heterocycles. The molecule has 0 atom stereocenters. The van der Waals surface area contributed by atoms with Crippen LogP contribution >= 0.6 is 12.2 Å². The summed E-state index contributed by atoms with van der Waals surface area (Å²) in [6.07, 6.45) is 0. The molecule has 0 unspecified atom stereocenters. The molecule has 6 heteroatoms. The molecule has 0 saturated carbocycles. The van der Waals surface area contributed by atoms with Gasteiger partial charge in [0, 0.05) is 6.54 Å². The number of hydrogen-bond acceptors (Lipinski definition) is 4. The number of carbonyl (C=O) groups excluding carboxylic acids is 1. The second-order valence-electron chi connectivity index (χ2n) is 4.04. The monoisotopic (exact) mass is 267 g/mol. The van der Waals surface area contributed by atoms with Crippen LogP contribution in [0.4, 0.5) is 0 Å². The predicted octanol–water partition coefficient (Wildman–Crippen LogP) is 0.247. The second kappa shape index (κ2) is 6.32. The molecule has 0 saturated heterocycles. The van der Waals surface area contributed by atoms with Gasteiger partial charge in [0.05, 0.1) is 19.2 Å². The maximum Gasteiger partial charge on any atom is 0.231 e. The van der Waals surface area contributed by atoms with Crippen molar-refractivity contribution in [3.63, 3.8) is 0 Å².